The topological polar surface area (TPSA) is 237 Å². The van der Waals surface area contributed by atoms with Gasteiger partial charge >= 0.3 is 39.5 Å². The van der Waals surface area contributed by atoms with Crippen LogP contribution in [0.15, 0.2) is 0 Å². The van der Waals surface area contributed by atoms with Gasteiger partial charge in [-0.2, -0.15) is 0 Å². The SMILES string of the molecule is CCCCCCCCCCCCCCC(=O)OC[C@H](COP(=O)(O)OC[C@H](O)COP(=O)(O)OC[C@@H](COC(=O)CCCCCCCCCCCCCC)OC(=O)CCCCCCCCCCCCCCCCCCC(C)C)OC(=O)CCCCCCCCCCCCCC. The summed E-state index contributed by atoms with van der Waals surface area (Å²) in [5, 5.41) is 10.6. The molecule has 0 aliphatic carbocycles. The van der Waals surface area contributed by atoms with E-state index in [2.05, 4.69) is 34.6 Å². The van der Waals surface area contributed by atoms with Crippen LogP contribution in [0.3, 0.4) is 0 Å². The van der Waals surface area contributed by atoms with Crippen LogP contribution >= 0.6 is 15.6 Å². The third kappa shape index (κ3) is 70.3. The molecule has 0 fully saturated rings. The second-order valence-electron chi connectivity index (χ2n) is 27.9. The zero-order chi connectivity index (χ0) is 69.8. The minimum Gasteiger partial charge on any atom is -0.462 e. The van der Waals surface area contributed by atoms with E-state index in [-0.39, 0.29) is 25.7 Å². The summed E-state index contributed by atoms with van der Waals surface area (Å²) in [6, 6.07) is 0. The monoisotopic (exact) mass is 1400 g/mol. The minimum atomic E-state index is -4.96. The third-order valence-corrected chi connectivity index (χ3v) is 19.7. The Labute approximate surface area is 581 Å². The second kappa shape index (κ2) is 69.2. The molecule has 0 aromatic heterocycles. The molecule has 0 rings (SSSR count). The molecule has 0 spiro atoms. The standard InChI is InChI=1S/C76H148O17P2/c1-6-9-12-15-18-21-24-34-39-44-49-54-59-73(78)86-65-71(92-75(80)61-56-51-46-41-36-26-23-20-17-14-11-8-3)67-90-94(82,83)88-63-70(77)64-89-95(84,85)91-68-72(66-87-74(79)60-55-50-45-40-35-25-22-19-16-13-10-7-2)93-76(81)62-57-52-47-42-37-32-30-28-27-29-31-33-38-43-48-53-58-69(4)5/h69-72,77H,6-68H2,1-5H3,(H,82,83)(H,84,85)/t70-,71+,72+/m0/s1. The van der Waals surface area contributed by atoms with E-state index in [9.17, 15) is 43.2 Å². The molecule has 19 heteroatoms. The van der Waals surface area contributed by atoms with Gasteiger partial charge in [0.15, 0.2) is 12.2 Å². The Morgan fingerprint density at radius 2 is 0.484 bits per heavy atom. The molecule has 0 aliphatic rings. The molecule has 2 unspecified atom stereocenters. The van der Waals surface area contributed by atoms with Gasteiger partial charge in [0, 0.05) is 25.7 Å². The molecule has 0 bridgehead atoms. The number of esters is 4. The van der Waals surface area contributed by atoms with Gasteiger partial charge in [-0.15, -0.1) is 0 Å². The molecule has 0 aromatic rings. The summed E-state index contributed by atoms with van der Waals surface area (Å²) >= 11 is 0. The predicted molar refractivity (Wildman–Crippen MR) is 386 cm³/mol. The van der Waals surface area contributed by atoms with E-state index in [1.54, 1.807) is 0 Å². The van der Waals surface area contributed by atoms with Crippen molar-refractivity contribution in [2.45, 2.75) is 419 Å². The van der Waals surface area contributed by atoms with Crippen molar-refractivity contribution in [1.29, 1.82) is 0 Å². The van der Waals surface area contributed by atoms with Crippen LogP contribution in [-0.4, -0.2) is 96.7 Å². The van der Waals surface area contributed by atoms with Crippen LogP contribution in [0.1, 0.15) is 401 Å². The van der Waals surface area contributed by atoms with Crippen LogP contribution in [0, 0.1) is 5.92 Å². The van der Waals surface area contributed by atoms with E-state index in [1.165, 1.54) is 225 Å². The van der Waals surface area contributed by atoms with Crippen molar-refractivity contribution in [3.8, 4) is 0 Å². The highest BCUT2D eigenvalue weighted by Crippen LogP contribution is 2.45. The fourth-order valence-electron chi connectivity index (χ4n) is 11.7. The fourth-order valence-corrected chi connectivity index (χ4v) is 13.3. The first-order valence-electron chi connectivity index (χ1n) is 39.6. The van der Waals surface area contributed by atoms with E-state index in [0.29, 0.717) is 25.7 Å². The van der Waals surface area contributed by atoms with Crippen LogP contribution < -0.4 is 0 Å². The molecule has 0 saturated heterocycles. The Morgan fingerprint density at radius 3 is 0.716 bits per heavy atom. The first kappa shape index (κ1) is 93.1. The summed E-state index contributed by atoms with van der Waals surface area (Å²) in [4.78, 5) is 72.8. The van der Waals surface area contributed by atoms with Crippen molar-refractivity contribution in [2.24, 2.45) is 5.92 Å². The Kier molecular flexibility index (Phi) is 67.7. The maximum atomic E-state index is 13.1. The Morgan fingerprint density at radius 1 is 0.284 bits per heavy atom. The first-order valence-corrected chi connectivity index (χ1v) is 42.6. The Bertz CT molecular complexity index is 1820. The normalized spacial score (nSPS) is 13.9. The Hall–Kier alpha value is -1.94. The molecule has 0 radical (unpaired) electrons. The lowest BCUT2D eigenvalue weighted by Gasteiger charge is -2.21. The van der Waals surface area contributed by atoms with E-state index < -0.39 is 97.5 Å². The summed E-state index contributed by atoms with van der Waals surface area (Å²) in [6.07, 6.45) is 58.1. The van der Waals surface area contributed by atoms with Gasteiger partial charge in [0.2, 0.25) is 0 Å². The molecule has 3 N–H and O–H groups in total. The minimum absolute atomic E-state index is 0.108. The zero-order valence-corrected chi connectivity index (χ0v) is 63.6. The zero-order valence-electron chi connectivity index (χ0n) is 61.8. The average Bonchev–Trinajstić information content (AvgIpc) is 1.53. The maximum Gasteiger partial charge on any atom is 0.472 e. The predicted octanol–water partition coefficient (Wildman–Crippen LogP) is 22.5. The van der Waals surface area contributed by atoms with Crippen LogP contribution in [-0.2, 0) is 65.4 Å². The van der Waals surface area contributed by atoms with Crippen LogP contribution in [0.25, 0.3) is 0 Å². The van der Waals surface area contributed by atoms with Crippen molar-refractivity contribution in [1.82, 2.24) is 0 Å². The largest absolute Gasteiger partial charge is 0.472 e. The number of hydrogen-bond acceptors (Lipinski definition) is 15. The number of aliphatic hydroxyl groups excluding tert-OH is 1. The molecule has 0 saturated carbocycles. The Balaban J connectivity index is 5.22. The summed E-state index contributed by atoms with van der Waals surface area (Å²) in [7, 11) is -9.91. The second-order valence-corrected chi connectivity index (χ2v) is 30.8. The van der Waals surface area contributed by atoms with E-state index in [1.807, 2.05) is 0 Å². The van der Waals surface area contributed by atoms with E-state index in [4.69, 9.17) is 37.0 Å². The number of hydrogen-bond donors (Lipinski definition) is 3. The molecular weight excluding hydrogens is 1250 g/mol. The number of ether oxygens (including phenoxy) is 4. The molecular formula is C76H148O17P2. The molecule has 0 aliphatic heterocycles. The number of aliphatic hydroxyl groups is 1. The summed E-state index contributed by atoms with van der Waals surface area (Å²) in [5.74, 6) is -1.30. The molecule has 95 heavy (non-hydrogen) atoms. The van der Waals surface area contributed by atoms with Crippen molar-refractivity contribution in [3.05, 3.63) is 0 Å². The highest BCUT2D eigenvalue weighted by Gasteiger charge is 2.30. The van der Waals surface area contributed by atoms with Gasteiger partial charge in [-0.1, -0.05) is 349 Å². The molecule has 564 valence electrons. The third-order valence-electron chi connectivity index (χ3n) is 17.8. The lowest BCUT2D eigenvalue weighted by Crippen LogP contribution is -2.30. The van der Waals surface area contributed by atoms with E-state index >= 15 is 0 Å². The number of rotatable bonds is 76. The van der Waals surface area contributed by atoms with Crippen molar-refractivity contribution in [3.63, 3.8) is 0 Å². The van der Waals surface area contributed by atoms with Gasteiger partial charge in [0.25, 0.3) is 0 Å². The first-order chi connectivity index (χ1) is 46.0. The molecule has 5 atom stereocenters. The lowest BCUT2D eigenvalue weighted by molar-refractivity contribution is -0.161. The number of carbonyl (C=O) groups excluding carboxylic acids is 4. The molecule has 0 aromatic carbocycles. The molecule has 17 nitrogen and oxygen atoms in total. The van der Waals surface area contributed by atoms with Gasteiger partial charge in [-0.05, 0) is 31.6 Å². The maximum absolute atomic E-state index is 13.1. The van der Waals surface area contributed by atoms with Crippen LogP contribution in [0.2, 0.25) is 0 Å². The number of phosphoric ester groups is 2. The molecule has 0 amide bonds. The highest BCUT2D eigenvalue weighted by molar-refractivity contribution is 7.47. The van der Waals surface area contributed by atoms with Crippen molar-refractivity contribution in [2.75, 3.05) is 39.6 Å². The average molecular weight is 1400 g/mol. The van der Waals surface area contributed by atoms with Crippen LogP contribution in [0.4, 0.5) is 0 Å². The number of phosphoric acid groups is 2. The summed E-state index contributed by atoms with van der Waals surface area (Å²) < 4.78 is 68.5. The summed E-state index contributed by atoms with van der Waals surface area (Å²) in [5.41, 5.74) is 0. The highest BCUT2D eigenvalue weighted by atomic mass is 31.2. The van der Waals surface area contributed by atoms with Crippen molar-refractivity contribution < 1.29 is 80.2 Å². The number of carbonyl (C=O) groups is 4. The number of unbranched alkanes of at least 4 members (excludes halogenated alkanes) is 48. The van der Waals surface area contributed by atoms with E-state index in [0.717, 1.165) is 95.8 Å². The fraction of sp³-hybridized carbons (Fsp3) is 0.947. The van der Waals surface area contributed by atoms with Gasteiger partial charge < -0.3 is 33.8 Å². The van der Waals surface area contributed by atoms with Crippen molar-refractivity contribution >= 4 is 39.5 Å². The lowest BCUT2D eigenvalue weighted by atomic mass is 10.0. The van der Waals surface area contributed by atoms with Crippen LogP contribution in [0.5, 0.6) is 0 Å². The van der Waals surface area contributed by atoms with Gasteiger partial charge in [0.05, 0.1) is 26.4 Å². The van der Waals surface area contributed by atoms with Gasteiger partial charge in [-0.3, -0.25) is 37.3 Å². The smallest absolute Gasteiger partial charge is 0.462 e. The van der Waals surface area contributed by atoms with Gasteiger partial charge in [-0.25, -0.2) is 9.13 Å². The molecule has 0 heterocycles. The van der Waals surface area contributed by atoms with Gasteiger partial charge in [0.1, 0.15) is 19.3 Å². The quantitative estimate of drug-likeness (QED) is 0.0222. The summed E-state index contributed by atoms with van der Waals surface area (Å²) in [6.45, 7) is 7.33.